The van der Waals surface area contributed by atoms with E-state index >= 15 is 0 Å². The number of guanidine groups is 1. The summed E-state index contributed by atoms with van der Waals surface area (Å²) in [7, 11) is 1.69. The summed E-state index contributed by atoms with van der Waals surface area (Å²) < 4.78 is 40.4. The largest absolute Gasteiger partial charge is 0.417 e. The van der Waals surface area contributed by atoms with E-state index in [4.69, 9.17) is 11.5 Å². The van der Waals surface area contributed by atoms with Crippen LogP contribution in [0.3, 0.4) is 0 Å². The van der Waals surface area contributed by atoms with Gasteiger partial charge in [0.2, 0.25) is 0 Å². The fraction of sp³-hybridized carbons (Fsp3) is 0.250. The molecule has 0 saturated heterocycles. The van der Waals surface area contributed by atoms with Crippen LogP contribution in [0.2, 0.25) is 0 Å². The standard InChI is InChI=1S/C16H16F3N5S/c1-24-13(20)8-6-7-10(22-14(8)23-15(24)21)12-9(16(17,18)19)4-3-5-11(12)25-2/h3-7,13H,20H2,1-2H3,(H2,21,22,23). The lowest BCUT2D eigenvalue weighted by Crippen LogP contribution is -2.43. The van der Waals surface area contributed by atoms with Gasteiger partial charge < -0.3 is 16.4 Å². The molecular formula is C16H16F3N5S. The fourth-order valence-electron chi connectivity index (χ4n) is 2.66. The molecule has 1 atom stereocenters. The molecule has 0 amide bonds. The fourth-order valence-corrected chi connectivity index (χ4v) is 3.29. The number of hydrogen-bond acceptors (Lipinski definition) is 6. The molecule has 132 valence electrons. The van der Waals surface area contributed by atoms with E-state index in [9.17, 15) is 13.2 Å². The highest BCUT2D eigenvalue weighted by atomic mass is 32.2. The van der Waals surface area contributed by atoms with Crippen LogP contribution in [0.5, 0.6) is 0 Å². The van der Waals surface area contributed by atoms with Gasteiger partial charge in [0, 0.05) is 23.1 Å². The van der Waals surface area contributed by atoms with Crippen LogP contribution < -0.4 is 11.5 Å². The molecule has 3 rings (SSSR count). The first-order valence-electron chi connectivity index (χ1n) is 7.32. The van der Waals surface area contributed by atoms with Crippen molar-refractivity contribution in [2.24, 2.45) is 16.5 Å². The third-order valence-corrected chi connectivity index (χ3v) is 4.81. The normalized spacial score (nSPS) is 17.3. The van der Waals surface area contributed by atoms with Crippen LogP contribution in [0.15, 0.2) is 40.2 Å². The van der Waals surface area contributed by atoms with Gasteiger partial charge in [0.15, 0.2) is 11.8 Å². The zero-order valence-corrected chi connectivity index (χ0v) is 14.3. The Labute approximate surface area is 146 Å². The topological polar surface area (TPSA) is 80.5 Å². The summed E-state index contributed by atoms with van der Waals surface area (Å²) in [6, 6.07) is 7.25. The van der Waals surface area contributed by atoms with Crippen LogP contribution in [0.4, 0.5) is 19.0 Å². The van der Waals surface area contributed by atoms with Crippen molar-refractivity contribution in [2.45, 2.75) is 17.2 Å². The molecule has 5 nitrogen and oxygen atoms in total. The van der Waals surface area contributed by atoms with Crippen molar-refractivity contribution < 1.29 is 13.2 Å². The van der Waals surface area contributed by atoms with Crippen molar-refractivity contribution in [1.82, 2.24) is 9.88 Å². The summed E-state index contributed by atoms with van der Waals surface area (Å²) in [5.41, 5.74) is 12.0. The molecule has 1 unspecified atom stereocenters. The highest BCUT2D eigenvalue weighted by Gasteiger charge is 2.35. The Morgan fingerprint density at radius 3 is 2.56 bits per heavy atom. The van der Waals surface area contributed by atoms with Gasteiger partial charge in [0.1, 0.15) is 6.17 Å². The van der Waals surface area contributed by atoms with Crippen molar-refractivity contribution in [2.75, 3.05) is 13.3 Å². The lowest BCUT2D eigenvalue weighted by atomic mass is 10.0. The van der Waals surface area contributed by atoms with E-state index in [0.717, 1.165) is 6.07 Å². The van der Waals surface area contributed by atoms with Crippen molar-refractivity contribution >= 4 is 23.5 Å². The molecule has 25 heavy (non-hydrogen) atoms. The summed E-state index contributed by atoms with van der Waals surface area (Å²) in [6.07, 6.45) is -3.32. The molecule has 0 bridgehead atoms. The number of halogens is 3. The minimum absolute atomic E-state index is 0.0339. The Hall–Kier alpha value is -2.26. The molecule has 2 aromatic rings. The maximum atomic E-state index is 13.5. The molecule has 1 aliphatic rings. The van der Waals surface area contributed by atoms with Crippen LogP contribution >= 0.6 is 11.8 Å². The molecule has 0 aliphatic carbocycles. The van der Waals surface area contributed by atoms with Gasteiger partial charge in [0.05, 0.1) is 11.3 Å². The van der Waals surface area contributed by atoms with Crippen molar-refractivity contribution in [3.05, 3.63) is 41.5 Å². The van der Waals surface area contributed by atoms with Gasteiger partial charge in [-0.3, -0.25) is 0 Å². The Kier molecular flexibility index (Phi) is 4.38. The van der Waals surface area contributed by atoms with E-state index < -0.39 is 17.9 Å². The SMILES string of the molecule is CSc1cccc(C(F)(F)F)c1-c1ccc2c(n1)N=C(N)N(C)C2N. The average molecular weight is 367 g/mol. The molecule has 1 aliphatic heterocycles. The third-order valence-electron chi connectivity index (χ3n) is 4.03. The second kappa shape index (κ2) is 6.23. The number of aromatic nitrogens is 1. The zero-order valence-electron chi connectivity index (χ0n) is 13.5. The van der Waals surface area contributed by atoms with Gasteiger partial charge in [-0.2, -0.15) is 18.2 Å². The maximum Gasteiger partial charge on any atom is 0.417 e. The average Bonchev–Trinajstić information content (AvgIpc) is 2.57. The van der Waals surface area contributed by atoms with Gasteiger partial charge in [-0.15, -0.1) is 11.8 Å². The van der Waals surface area contributed by atoms with Crippen molar-refractivity contribution in [3.8, 4) is 11.3 Å². The minimum atomic E-state index is -4.49. The predicted molar refractivity (Wildman–Crippen MR) is 92.4 cm³/mol. The number of nitrogens with two attached hydrogens (primary N) is 2. The number of hydrogen-bond donors (Lipinski definition) is 2. The number of alkyl halides is 3. The summed E-state index contributed by atoms with van der Waals surface area (Å²) in [6.45, 7) is 0. The number of fused-ring (bicyclic) bond motifs is 1. The van der Waals surface area contributed by atoms with Crippen LogP contribution in [0.1, 0.15) is 17.3 Å². The summed E-state index contributed by atoms with van der Waals surface area (Å²) >= 11 is 1.23. The Morgan fingerprint density at radius 2 is 1.92 bits per heavy atom. The van der Waals surface area contributed by atoms with Gasteiger partial charge >= 0.3 is 6.18 Å². The summed E-state index contributed by atoms with van der Waals surface area (Å²) in [5, 5.41) is 0. The lowest BCUT2D eigenvalue weighted by Gasteiger charge is -2.30. The smallest absolute Gasteiger partial charge is 0.369 e. The third kappa shape index (κ3) is 3.05. The quantitative estimate of drug-likeness (QED) is 0.796. The van der Waals surface area contributed by atoms with Crippen LogP contribution in [-0.4, -0.2) is 29.1 Å². The molecule has 0 radical (unpaired) electrons. The van der Waals surface area contributed by atoms with E-state index in [1.807, 2.05) is 0 Å². The van der Waals surface area contributed by atoms with Gasteiger partial charge in [0.25, 0.3) is 0 Å². The Morgan fingerprint density at radius 1 is 1.20 bits per heavy atom. The molecule has 1 aromatic heterocycles. The first-order chi connectivity index (χ1) is 11.7. The molecule has 0 fully saturated rings. The molecular weight excluding hydrogens is 351 g/mol. The number of thioether (sulfide) groups is 1. The predicted octanol–water partition coefficient (Wildman–Crippen LogP) is 3.34. The molecule has 0 spiro atoms. The Balaban J connectivity index is 2.22. The monoisotopic (exact) mass is 367 g/mol. The van der Waals surface area contributed by atoms with Gasteiger partial charge in [-0.05, 0) is 30.5 Å². The van der Waals surface area contributed by atoms with Crippen LogP contribution in [0, 0.1) is 0 Å². The second-order valence-corrected chi connectivity index (χ2v) is 6.36. The second-order valence-electron chi connectivity index (χ2n) is 5.52. The van der Waals surface area contributed by atoms with E-state index in [2.05, 4.69) is 9.98 Å². The lowest BCUT2D eigenvalue weighted by molar-refractivity contribution is -0.137. The molecule has 4 N–H and O–H groups in total. The highest BCUT2D eigenvalue weighted by molar-refractivity contribution is 7.98. The first kappa shape index (κ1) is 17.6. The Bertz CT molecular complexity index is 850. The van der Waals surface area contributed by atoms with Crippen molar-refractivity contribution in [3.63, 3.8) is 0 Å². The minimum Gasteiger partial charge on any atom is -0.369 e. The number of nitrogens with zero attached hydrogens (tertiary/aromatic N) is 3. The van der Waals surface area contributed by atoms with Crippen molar-refractivity contribution in [1.29, 1.82) is 0 Å². The maximum absolute atomic E-state index is 13.5. The number of pyridine rings is 1. The van der Waals surface area contributed by atoms with Gasteiger partial charge in [-0.1, -0.05) is 6.07 Å². The molecule has 2 heterocycles. The molecule has 0 saturated carbocycles. The number of rotatable bonds is 2. The number of benzene rings is 1. The van der Waals surface area contributed by atoms with E-state index in [1.165, 1.54) is 23.9 Å². The van der Waals surface area contributed by atoms with Crippen LogP contribution in [0.25, 0.3) is 11.3 Å². The molecule has 1 aromatic carbocycles. The van der Waals surface area contributed by atoms with Gasteiger partial charge in [-0.25, -0.2) is 4.98 Å². The van der Waals surface area contributed by atoms with E-state index in [0.29, 0.717) is 10.5 Å². The zero-order chi connectivity index (χ0) is 18.4. The summed E-state index contributed by atoms with van der Waals surface area (Å²) in [5.74, 6) is 0.406. The number of aliphatic imine (C=N–C) groups is 1. The highest BCUT2D eigenvalue weighted by Crippen LogP contribution is 2.42. The summed E-state index contributed by atoms with van der Waals surface area (Å²) in [4.78, 5) is 10.5. The first-order valence-corrected chi connectivity index (χ1v) is 8.54. The van der Waals surface area contributed by atoms with E-state index in [1.54, 1.807) is 30.3 Å². The molecule has 9 heteroatoms. The van der Waals surface area contributed by atoms with Crippen LogP contribution in [-0.2, 0) is 6.18 Å². The van der Waals surface area contributed by atoms with E-state index in [-0.39, 0.29) is 23.0 Å².